The third-order valence-electron chi connectivity index (χ3n) is 5.20. The molecular formula is C22H19ClN4O5S. The van der Waals surface area contributed by atoms with Crippen LogP contribution in [0.1, 0.15) is 16.8 Å². The third-order valence-corrected chi connectivity index (χ3v) is 6.90. The van der Waals surface area contributed by atoms with Crippen LogP contribution in [0.25, 0.3) is 0 Å². The summed E-state index contributed by atoms with van der Waals surface area (Å²) in [5.74, 6) is -1.20. The molecule has 0 radical (unpaired) electrons. The predicted octanol–water partition coefficient (Wildman–Crippen LogP) is 3.84. The Labute approximate surface area is 195 Å². The molecule has 9 nitrogen and oxygen atoms in total. The zero-order valence-electron chi connectivity index (χ0n) is 17.8. The van der Waals surface area contributed by atoms with Crippen molar-refractivity contribution < 1.29 is 22.5 Å². The Balaban J connectivity index is 1.54. The maximum absolute atomic E-state index is 12.9. The second kappa shape index (κ2) is 8.38. The van der Waals surface area contributed by atoms with Crippen LogP contribution in [0, 0.1) is 20.8 Å². The molecule has 0 unspecified atom stereocenters. The molecule has 4 rings (SSSR count). The van der Waals surface area contributed by atoms with Gasteiger partial charge in [-0.25, -0.2) is 18.0 Å². The lowest BCUT2D eigenvalue weighted by atomic mass is 10.2. The van der Waals surface area contributed by atoms with Gasteiger partial charge in [0.25, 0.3) is 21.8 Å². The van der Waals surface area contributed by atoms with Gasteiger partial charge in [-0.05, 0) is 56.7 Å². The molecule has 0 atom stereocenters. The summed E-state index contributed by atoms with van der Waals surface area (Å²) in [6.45, 7) is 5.17. The van der Waals surface area contributed by atoms with Gasteiger partial charge in [0.15, 0.2) is 0 Å². The van der Waals surface area contributed by atoms with E-state index < -0.39 is 21.8 Å². The molecule has 2 N–H and O–H groups in total. The minimum atomic E-state index is -3.93. The van der Waals surface area contributed by atoms with Crippen molar-refractivity contribution in [3.8, 4) is 0 Å². The molecule has 1 aliphatic rings. The number of benzene rings is 2. The van der Waals surface area contributed by atoms with Gasteiger partial charge in [0, 0.05) is 11.3 Å². The van der Waals surface area contributed by atoms with Gasteiger partial charge < -0.3 is 9.84 Å². The molecule has 2 aromatic carbocycles. The Hall–Kier alpha value is -3.63. The topological polar surface area (TPSA) is 122 Å². The van der Waals surface area contributed by atoms with Crippen LogP contribution in [0.3, 0.4) is 0 Å². The van der Waals surface area contributed by atoms with Crippen molar-refractivity contribution in [2.24, 2.45) is 0 Å². The molecule has 2 heterocycles. The summed E-state index contributed by atoms with van der Waals surface area (Å²) in [6.07, 6.45) is 0. The number of hydrogen-bond donors (Lipinski definition) is 2. The third kappa shape index (κ3) is 4.10. The highest BCUT2D eigenvalue weighted by atomic mass is 35.5. The minimum Gasteiger partial charge on any atom is -0.350 e. The molecule has 0 saturated heterocycles. The van der Waals surface area contributed by atoms with Crippen molar-refractivity contribution in [3.63, 3.8) is 0 Å². The highest BCUT2D eigenvalue weighted by Crippen LogP contribution is 2.32. The predicted molar refractivity (Wildman–Crippen MR) is 123 cm³/mol. The van der Waals surface area contributed by atoms with Crippen LogP contribution < -0.4 is 14.9 Å². The van der Waals surface area contributed by atoms with Crippen LogP contribution in [-0.4, -0.2) is 25.4 Å². The number of carbonyl (C=O) groups excluding carboxylic acids is 2. The fraction of sp³-hybridized carbons (Fsp3) is 0.136. The maximum atomic E-state index is 12.9. The summed E-state index contributed by atoms with van der Waals surface area (Å²) in [6, 6.07) is 12.6. The van der Waals surface area contributed by atoms with Gasteiger partial charge in [-0.2, -0.15) is 0 Å². The van der Waals surface area contributed by atoms with Gasteiger partial charge in [0.05, 0.1) is 16.3 Å². The Morgan fingerprint density at radius 1 is 0.970 bits per heavy atom. The van der Waals surface area contributed by atoms with Crippen LogP contribution in [0.15, 0.2) is 68.7 Å². The van der Waals surface area contributed by atoms with Crippen molar-refractivity contribution in [1.82, 2.24) is 5.16 Å². The molecule has 0 saturated carbocycles. The maximum Gasteiger partial charge on any atom is 0.283 e. The number of amides is 2. The number of hydrogen-bond acceptors (Lipinski definition) is 7. The van der Waals surface area contributed by atoms with Crippen molar-refractivity contribution in [1.29, 1.82) is 0 Å². The normalized spacial score (nSPS) is 14.2. The first-order chi connectivity index (χ1) is 15.6. The largest absolute Gasteiger partial charge is 0.350 e. The second-order valence-electron chi connectivity index (χ2n) is 7.40. The highest BCUT2D eigenvalue weighted by Gasteiger charge is 2.39. The lowest BCUT2D eigenvalue weighted by Crippen LogP contribution is -2.32. The molecule has 11 heteroatoms. The van der Waals surface area contributed by atoms with E-state index in [1.807, 2.05) is 0 Å². The zero-order valence-corrected chi connectivity index (χ0v) is 19.4. The van der Waals surface area contributed by atoms with E-state index in [-0.39, 0.29) is 21.5 Å². The molecule has 170 valence electrons. The number of sulfonamides is 1. The molecule has 2 amide bonds. The molecule has 3 aromatic rings. The first-order valence-corrected chi connectivity index (χ1v) is 11.6. The zero-order chi connectivity index (χ0) is 23.9. The molecular weight excluding hydrogens is 468 g/mol. The number of carbonyl (C=O) groups is 2. The smallest absolute Gasteiger partial charge is 0.283 e. The summed E-state index contributed by atoms with van der Waals surface area (Å²) in [5.41, 5.74) is 2.62. The fourth-order valence-corrected chi connectivity index (χ4v) is 4.46. The SMILES string of the molecule is Cc1ccccc1N1C(=O)C(Cl)=C(Nc2ccc(S(=O)(=O)Nc3onc(C)c3C)cc2)C1=O. The molecule has 0 fully saturated rings. The number of halogens is 1. The Morgan fingerprint density at radius 2 is 1.64 bits per heavy atom. The van der Waals surface area contributed by atoms with Crippen molar-refractivity contribution in [2.75, 3.05) is 14.9 Å². The molecule has 1 aromatic heterocycles. The number of rotatable bonds is 6. The lowest BCUT2D eigenvalue weighted by Gasteiger charge is -2.17. The lowest BCUT2D eigenvalue weighted by molar-refractivity contribution is -0.120. The molecule has 0 spiro atoms. The summed E-state index contributed by atoms with van der Waals surface area (Å²) < 4.78 is 32.6. The summed E-state index contributed by atoms with van der Waals surface area (Å²) in [5, 5.41) is 6.30. The van der Waals surface area contributed by atoms with Crippen molar-refractivity contribution in [3.05, 3.63) is 76.1 Å². The van der Waals surface area contributed by atoms with E-state index in [0.717, 1.165) is 10.5 Å². The number of nitrogens with one attached hydrogen (secondary N) is 2. The van der Waals surface area contributed by atoms with Gasteiger partial charge in [0.2, 0.25) is 5.88 Å². The van der Waals surface area contributed by atoms with E-state index >= 15 is 0 Å². The Morgan fingerprint density at radius 3 is 2.24 bits per heavy atom. The van der Waals surface area contributed by atoms with E-state index in [1.165, 1.54) is 24.3 Å². The molecule has 0 bridgehead atoms. The monoisotopic (exact) mass is 486 g/mol. The van der Waals surface area contributed by atoms with Crippen LogP contribution in [0.4, 0.5) is 17.3 Å². The van der Waals surface area contributed by atoms with Gasteiger partial charge in [-0.15, -0.1) is 0 Å². The first kappa shape index (κ1) is 22.6. The Kier molecular flexibility index (Phi) is 5.73. The number of para-hydroxylation sites is 1. The minimum absolute atomic E-state index is 0.0306. The van der Waals surface area contributed by atoms with Gasteiger partial charge in [-0.3, -0.25) is 9.59 Å². The summed E-state index contributed by atoms with van der Waals surface area (Å²) >= 11 is 6.16. The average molecular weight is 487 g/mol. The fourth-order valence-electron chi connectivity index (χ4n) is 3.20. The van der Waals surface area contributed by atoms with E-state index in [9.17, 15) is 18.0 Å². The van der Waals surface area contributed by atoms with Crippen LogP contribution >= 0.6 is 11.6 Å². The van der Waals surface area contributed by atoms with Gasteiger partial charge in [0.1, 0.15) is 10.7 Å². The van der Waals surface area contributed by atoms with E-state index in [4.69, 9.17) is 16.1 Å². The van der Waals surface area contributed by atoms with E-state index in [1.54, 1.807) is 45.0 Å². The van der Waals surface area contributed by atoms with Crippen LogP contribution in [0.5, 0.6) is 0 Å². The molecule has 33 heavy (non-hydrogen) atoms. The number of nitrogens with zero attached hydrogens (tertiary/aromatic N) is 2. The van der Waals surface area contributed by atoms with Crippen LogP contribution in [-0.2, 0) is 19.6 Å². The van der Waals surface area contributed by atoms with Crippen LogP contribution in [0.2, 0.25) is 0 Å². The van der Waals surface area contributed by atoms with Gasteiger partial charge >= 0.3 is 0 Å². The summed E-state index contributed by atoms with van der Waals surface area (Å²) in [7, 11) is -3.93. The molecule has 0 aliphatic carbocycles. The van der Waals surface area contributed by atoms with Gasteiger partial charge in [-0.1, -0.05) is 35.0 Å². The Bertz CT molecular complexity index is 1410. The average Bonchev–Trinajstić information content (AvgIpc) is 3.20. The second-order valence-corrected chi connectivity index (χ2v) is 9.46. The molecule has 1 aliphatic heterocycles. The van der Waals surface area contributed by atoms with E-state index in [0.29, 0.717) is 22.6 Å². The van der Waals surface area contributed by atoms with Crippen molar-refractivity contribution >= 4 is 50.7 Å². The number of aryl methyl sites for hydroxylation is 2. The number of anilines is 3. The first-order valence-electron chi connectivity index (χ1n) is 9.77. The number of aromatic nitrogens is 1. The highest BCUT2D eigenvalue weighted by molar-refractivity contribution is 7.92. The van der Waals surface area contributed by atoms with Crippen molar-refractivity contribution in [2.45, 2.75) is 25.7 Å². The summed E-state index contributed by atoms with van der Waals surface area (Å²) in [4.78, 5) is 26.5. The number of imide groups is 1. The van der Waals surface area contributed by atoms with E-state index in [2.05, 4.69) is 15.2 Å². The quantitative estimate of drug-likeness (QED) is 0.507. The standard InChI is InChI=1S/C22H19ClN4O5S/c1-12-6-4-5-7-17(12)27-21(28)18(23)19(22(27)29)24-15-8-10-16(11-9-15)33(30,31)26-20-13(2)14(3)25-32-20/h4-11,24,26H,1-3H3.